The number of fused-ring (bicyclic) bond motifs is 3. The summed E-state index contributed by atoms with van der Waals surface area (Å²) in [5.74, 6) is 1.48. The molecule has 0 atom stereocenters. The molecule has 2 aromatic carbocycles. The van der Waals surface area contributed by atoms with Crippen LogP contribution in [0.5, 0.6) is 11.5 Å². The van der Waals surface area contributed by atoms with Gasteiger partial charge >= 0.3 is 0 Å². The summed E-state index contributed by atoms with van der Waals surface area (Å²) in [6.07, 6.45) is 0.834. The minimum atomic E-state index is -0.0938. The Hall–Kier alpha value is -2.66. The summed E-state index contributed by atoms with van der Waals surface area (Å²) in [4.78, 5) is 36.4. The van der Waals surface area contributed by atoms with E-state index in [0.717, 1.165) is 42.2 Å². The molecule has 2 aromatic heterocycles. The maximum absolute atomic E-state index is 14.0. The normalized spacial score (nSPS) is 13.5. The number of rotatable bonds is 9. The van der Waals surface area contributed by atoms with E-state index in [9.17, 15) is 9.59 Å². The van der Waals surface area contributed by atoms with Crippen molar-refractivity contribution in [3.63, 3.8) is 0 Å². The van der Waals surface area contributed by atoms with Crippen LogP contribution in [0.3, 0.4) is 0 Å². The minimum absolute atomic E-state index is 0.0602. The molecule has 0 fully saturated rings. The Labute approximate surface area is 237 Å². The fraction of sp³-hybridized carbons (Fsp3) is 0.321. The molecule has 10 heteroatoms. The molecular formula is C28H28BrN3O4S2. The molecular weight excluding hydrogens is 586 g/mol. The molecule has 4 aromatic rings. The number of Topliss-reactive ketones (excluding diaryl/α,β-unsaturated/α-hetero) is 1. The van der Waals surface area contributed by atoms with Crippen LogP contribution in [0.25, 0.3) is 15.9 Å². The van der Waals surface area contributed by atoms with Gasteiger partial charge in [0, 0.05) is 23.5 Å². The lowest BCUT2D eigenvalue weighted by Crippen LogP contribution is -2.30. The van der Waals surface area contributed by atoms with Gasteiger partial charge in [0.1, 0.15) is 16.3 Å². The number of thioether (sulfide) groups is 1. The molecule has 0 aliphatic carbocycles. The molecule has 0 radical (unpaired) electrons. The second-order valence-corrected chi connectivity index (χ2v) is 11.7. The van der Waals surface area contributed by atoms with Crippen LogP contribution >= 0.6 is 39.0 Å². The third kappa shape index (κ3) is 5.27. The van der Waals surface area contributed by atoms with Crippen molar-refractivity contribution in [2.75, 3.05) is 32.6 Å². The second kappa shape index (κ2) is 11.6. The summed E-state index contributed by atoms with van der Waals surface area (Å²) in [6.45, 7) is 7.39. The van der Waals surface area contributed by atoms with Gasteiger partial charge in [0.05, 0.1) is 35.0 Å². The van der Waals surface area contributed by atoms with Gasteiger partial charge < -0.3 is 9.47 Å². The molecule has 0 spiro atoms. The monoisotopic (exact) mass is 613 g/mol. The highest BCUT2D eigenvalue weighted by Crippen LogP contribution is 2.35. The van der Waals surface area contributed by atoms with Crippen LogP contribution in [0.4, 0.5) is 0 Å². The van der Waals surface area contributed by atoms with Crippen molar-refractivity contribution >= 4 is 55.0 Å². The number of ketones is 1. The van der Waals surface area contributed by atoms with Crippen molar-refractivity contribution in [2.24, 2.45) is 0 Å². The average molecular weight is 615 g/mol. The first-order chi connectivity index (χ1) is 18.4. The molecule has 7 nitrogen and oxygen atoms in total. The first-order valence-electron chi connectivity index (χ1n) is 12.5. The van der Waals surface area contributed by atoms with Gasteiger partial charge in [-0.2, -0.15) is 0 Å². The van der Waals surface area contributed by atoms with Crippen molar-refractivity contribution < 1.29 is 14.3 Å². The van der Waals surface area contributed by atoms with E-state index < -0.39 is 0 Å². The van der Waals surface area contributed by atoms with Crippen LogP contribution in [0.1, 0.15) is 34.6 Å². The number of benzene rings is 2. The molecule has 198 valence electrons. The lowest BCUT2D eigenvalue weighted by molar-refractivity contribution is 0.102. The highest BCUT2D eigenvalue weighted by atomic mass is 79.9. The van der Waals surface area contributed by atoms with Crippen LogP contribution in [0.15, 0.2) is 56.9 Å². The Morgan fingerprint density at radius 1 is 1.18 bits per heavy atom. The number of hydrogen-bond donors (Lipinski definition) is 0. The van der Waals surface area contributed by atoms with E-state index in [1.54, 1.807) is 41.2 Å². The molecule has 3 heterocycles. The highest BCUT2D eigenvalue weighted by Gasteiger charge is 2.25. The van der Waals surface area contributed by atoms with E-state index in [1.807, 2.05) is 31.2 Å². The number of thiophene rings is 1. The highest BCUT2D eigenvalue weighted by molar-refractivity contribution is 9.10. The van der Waals surface area contributed by atoms with Crippen LogP contribution in [0.2, 0.25) is 0 Å². The van der Waals surface area contributed by atoms with Gasteiger partial charge in [-0.3, -0.25) is 19.1 Å². The van der Waals surface area contributed by atoms with Gasteiger partial charge in [-0.25, -0.2) is 4.98 Å². The number of nitrogens with zero attached hydrogens (tertiary/aromatic N) is 3. The van der Waals surface area contributed by atoms with Crippen molar-refractivity contribution in [3.8, 4) is 17.2 Å². The van der Waals surface area contributed by atoms with E-state index in [2.05, 4.69) is 27.8 Å². The Bertz CT molecular complexity index is 1550. The summed E-state index contributed by atoms with van der Waals surface area (Å²) in [7, 11) is 1.58. The van der Waals surface area contributed by atoms with Gasteiger partial charge in [-0.15, -0.1) is 11.3 Å². The Morgan fingerprint density at radius 2 is 1.97 bits per heavy atom. The number of halogens is 1. The zero-order valence-electron chi connectivity index (χ0n) is 21.5. The quantitative estimate of drug-likeness (QED) is 0.131. The standard InChI is InChI=1S/C28H28BrN3O4S2/c1-4-31-13-12-20-24(15-31)38-26-25(20)27(34)32(18-7-9-19(10-8-18)36-5-2)28(30-26)37-16-22(33)17-6-11-23(35-3)21(29)14-17/h6-11,14H,4-5,12-13,15-16H2,1-3H3. The Morgan fingerprint density at radius 3 is 2.66 bits per heavy atom. The third-order valence-corrected chi connectivity index (χ3v) is 9.25. The molecule has 0 saturated heterocycles. The molecule has 38 heavy (non-hydrogen) atoms. The van der Waals surface area contributed by atoms with E-state index in [4.69, 9.17) is 14.5 Å². The fourth-order valence-electron chi connectivity index (χ4n) is 4.58. The predicted molar refractivity (Wildman–Crippen MR) is 157 cm³/mol. The molecule has 1 aliphatic heterocycles. The zero-order chi connectivity index (χ0) is 26.8. The lowest BCUT2D eigenvalue weighted by atomic mass is 10.1. The largest absolute Gasteiger partial charge is 0.496 e. The first-order valence-corrected chi connectivity index (χ1v) is 15.0. The molecule has 0 bridgehead atoms. The average Bonchev–Trinajstić information content (AvgIpc) is 3.30. The fourth-order valence-corrected chi connectivity index (χ4v) is 7.33. The van der Waals surface area contributed by atoms with Gasteiger partial charge in [-0.05, 0) is 83.8 Å². The van der Waals surface area contributed by atoms with Crippen molar-refractivity contribution in [1.29, 1.82) is 0 Å². The summed E-state index contributed by atoms with van der Waals surface area (Å²) < 4.78 is 13.2. The van der Waals surface area contributed by atoms with E-state index in [-0.39, 0.29) is 17.1 Å². The summed E-state index contributed by atoms with van der Waals surface area (Å²) >= 11 is 6.32. The zero-order valence-corrected chi connectivity index (χ0v) is 24.7. The molecule has 1 aliphatic rings. The maximum Gasteiger partial charge on any atom is 0.267 e. The van der Waals surface area contributed by atoms with Crippen molar-refractivity contribution in [3.05, 3.63) is 73.3 Å². The molecule has 5 rings (SSSR count). The predicted octanol–water partition coefficient (Wildman–Crippen LogP) is 5.97. The van der Waals surface area contributed by atoms with Gasteiger partial charge in [0.15, 0.2) is 10.9 Å². The minimum Gasteiger partial charge on any atom is -0.496 e. The SMILES string of the molecule is CCOc1ccc(-n2c(SCC(=O)c3ccc(OC)c(Br)c3)nc3sc4c(c3c2=O)CCN(CC)C4)cc1. The third-order valence-electron chi connectivity index (χ3n) is 6.58. The van der Waals surface area contributed by atoms with Crippen LogP contribution in [-0.2, 0) is 13.0 Å². The topological polar surface area (TPSA) is 73.7 Å². The molecule has 0 amide bonds. The number of hydrogen-bond acceptors (Lipinski definition) is 8. The van der Waals surface area contributed by atoms with E-state index in [1.165, 1.54) is 16.6 Å². The van der Waals surface area contributed by atoms with E-state index >= 15 is 0 Å². The lowest BCUT2D eigenvalue weighted by Gasteiger charge is -2.25. The number of carbonyl (C=O) groups excluding carboxylic acids is 1. The first kappa shape index (κ1) is 26.9. The molecule has 0 N–H and O–H groups in total. The number of aromatic nitrogens is 2. The van der Waals surface area contributed by atoms with Gasteiger partial charge in [0.25, 0.3) is 5.56 Å². The molecule has 0 saturated carbocycles. The van der Waals surface area contributed by atoms with E-state index in [0.29, 0.717) is 38.6 Å². The Balaban J connectivity index is 1.55. The number of ether oxygens (including phenoxy) is 2. The maximum atomic E-state index is 14.0. The summed E-state index contributed by atoms with van der Waals surface area (Å²) in [6, 6.07) is 12.7. The number of methoxy groups -OCH3 is 1. The van der Waals surface area contributed by atoms with Crippen LogP contribution in [0, 0.1) is 0 Å². The summed E-state index contributed by atoms with van der Waals surface area (Å²) in [5.41, 5.74) is 2.28. The van der Waals surface area contributed by atoms with Crippen molar-refractivity contribution in [2.45, 2.75) is 32.0 Å². The van der Waals surface area contributed by atoms with Crippen molar-refractivity contribution in [1.82, 2.24) is 14.5 Å². The number of likely N-dealkylation sites (N-methyl/N-ethyl adjacent to an activating group) is 1. The van der Waals surface area contributed by atoms with Crippen LogP contribution < -0.4 is 15.0 Å². The van der Waals surface area contributed by atoms with Gasteiger partial charge in [0.2, 0.25) is 0 Å². The smallest absolute Gasteiger partial charge is 0.267 e. The van der Waals surface area contributed by atoms with Crippen LogP contribution in [-0.4, -0.2) is 52.8 Å². The summed E-state index contributed by atoms with van der Waals surface area (Å²) in [5, 5.41) is 1.20. The Kier molecular flexibility index (Phi) is 8.23. The molecule has 0 unspecified atom stereocenters. The van der Waals surface area contributed by atoms with Gasteiger partial charge in [-0.1, -0.05) is 18.7 Å². The number of carbonyl (C=O) groups is 1. The second-order valence-electron chi connectivity index (χ2n) is 8.83.